The number of benzene rings is 1. The Morgan fingerprint density at radius 1 is 1.16 bits per heavy atom. The van der Waals surface area contributed by atoms with E-state index in [1.165, 1.54) is 6.20 Å². The first-order chi connectivity index (χ1) is 12.2. The Morgan fingerprint density at radius 3 is 2.56 bits per heavy atom. The minimum absolute atomic E-state index is 0.169. The van der Waals surface area contributed by atoms with Crippen LogP contribution in [0.4, 0.5) is 11.5 Å². The average Bonchev–Trinajstić information content (AvgIpc) is 2.68. The maximum atomic E-state index is 12.3. The van der Waals surface area contributed by atoms with Crippen LogP contribution in [0.3, 0.4) is 0 Å². The molecule has 25 heavy (non-hydrogen) atoms. The van der Waals surface area contributed by atoms with Crippen molar-refractivity contribution in [2.45, 2.75) is 0 Å². The second-order valence-corrected chi connectivity index (χ2v) is 5.50. The summed E-state index contributed by atoms with van der Waals surface area (Å²) in [5, 5.41) is 11.7. The van der Waals surface area contributed by atoms with Crippen molar-refractivity contribution in [1.29, 1.82) is 5.26 Å². The van der Waals surface area contributed by atoms with Gasteiger partial charge < -0.3 is 15.1 Å². The number of hydrogen-bond acceptors (Lipinski definition) is 6. The summed E-state index contributed by atoms with van der Waals surface area (Å²) in [4.78, 5) is 35.2. The molecule has 2 heterocycles. The molecule has 0 aliphatic carbocycles. The summed E-state index contributed by atoms with van der Waals surface area (Å²) in [6.07, 6.45) is 3.79. The van der Waals surface area contributed by atoms with Gasteiger partial charge in [0.2, 0.25) is 6.41 Å². The van der Waals surface area contributed by atoms with Crippen LogP contribution in [0.15, 0.2) is 36.7 Å². The molecule has 0 saturated carbocycles. The van der Waals surface area contributed by atoms with Crippen LogP contribution in [0.25, 0.3) is 0 Å². The smallest absolute Gasteiger partial charge is 0.275 e. The SMILES string of the molecule is N#Cc1ccccc1NC(=O)c1cnc(N2CCN(C=O)CC2)cn1. The fourth-order valence-corrected chi connectivity index (χ4v) is 2.53. The van der Waals surface area contributed by atoms with Gasteiger partial charge in [-0.3, -0.25) is 9.59 Å². The van der Waals surface area contributed by atoms with Gasteiger partial charge in [0.1, 0.15) is 17.6 Å². The predicted molar refractivity (Wildman–Crippen MR) is 91.0 cm³/mol. The largest absolute Gasteiger partial charge is 0.352 e. The van der Waals surface area contributed by atoms with Gasteiger partial charge in [-0.25, -0.2) is 9.97 Å². The molecule has 1 aliphatic rings. The van der Waals surface area contributed by atoms with Crippen molar-refractivity contribution in [1.82, 2.24) is 14.9 Å². The topological polar surface area (TPSA) is 102 Å². The van der Waals surface area contributed by atoms with Crippen molar-refractivity contribution >= 4 is 23.8 Å². The van der Waals surface area contributed by atoms with Gasteiger partial charge in [-0.15, -0.1) is 0 Å². The maximum Gasteiger partial charge on any atom is 0.275 e. The maximum absolute atomic E-state index is 12.3. The lowest BCUT2D eigenvalue weighted by molar-refractivity contribution is -0.118. The Bertz CT molecular complexity index is 807. The second-order valence-electron chi connectivity index (χ2n) is 5.50. The van der Waals surface area contributed by atoms with Gasteiger partial charge in [-0.2, -0.15) is 5.26 Å². The van der Waals surface area contributed by atoms with Gasteiger partial charge in [0.15, 0.2) is 0 Å². The van der Waals surface area contributed by atoms with Gasteiger partial charge in [-0.05, 0) is 12.1 Å². The summed E-state index contributed by atoms with van der Waals surface area (Å²) in [6.45, 7) is 2.62. The molecular formula is C17H16N6O2. The van der Waals surface area contributed by atoms with Crippen LogP contribution in [0, 0.1) is 11.3 Å². The molecule has 1 N–H and O–H groups in total. The summed E-state index contributed by atoms with van der Waals surface area (Å²) >= 11 is 0. The van der Waals surface area contributed by atoms with Gasteiger partial charge in [0, 0.05) is 26.2 Å². The third-order valence-electron chi connectivity index (χ3n) is 3.95. The normalized spacial score (nSPS) is 13.9. The van der Waals surface area contributed by atoms with Crippen LogP contribution in [0.5, 0.6) is 0 Å². The molecular weight excluding hydrogens is 320 g/mol. The minimum atomic E-state index is -0.424. The highest BCUT2D eigenvalue weighted by Crippen LogP contribution is 2.15. The van der Waals surface area contributed by atoms with Gasteiger partial charge >= 0.3 is 0 Å². The molecule has 1 aromatic heterocycles. The van der Waals surface area contributed by atoms with Crippen molar-refractivity contribution < 1.29 is 9.59 Å². The molecule has 0 spiro atoms. The van der Waals surface area contributed by atoms with E-state index in [-0.39, 0.29) is 5.69 Å². The summed E-state index contributed by atoms with van der Waals surface area (Å²) in [5.41, 5.74) is 0.988. The van der Waals surface area contributed by atoms with E-state index < -0.39 is 5.91 Å². The zero-order valence-electron chi connectivity index (χ0n) is 13.4. The van der Waals surface area contributed by atoms with Crippen LogP contribution in [0.2, 0.25) is 0 Å². The van der Waals surface area contributed by atoms with Crippen LogP contribution in [0.1, 0.15) is 16.1 Å². The standard InChI is InChI=1S/C17H16N6O2/c18-9-13-3-1-2-4-14(13)21-17(25)15-10-20-16(11-19-15)23-7-5-22(12-24)6-8-23/h1-4,10-12H,5-8H2,(H,21,25). The number of rotatable bonds is 4. The number of nitrogens with zero attached hydrogens (tertiary/aromatic N) is 5. The molecule has 8 heteroatoms. The van der Waals surface area contributed by atoms with Crippen molar-refractivity contribution in [2.75, 3.05) is 36.4 Å². The number of para-hydroxylation sites is 1. The Labute approximate surface area is 144 Å². The predicted octanol–water partition coefficient (Wildman–Crippen LogP) is 0.879. The first-order valence-corrected chi connectivity index (χ1v) is 7.78. The van der Waals surface area contributed by atoms with Crippen LogP contribution < -0.4 is 10.2 Å². The fourth-order valence-electron chi connectivity index (χ4n) is 2.53. The van der Waals surface area contributed by atoms with E-state index in [1.54, 1.807) is 35.4 Å². The number of piperazine rings is 1. The quantitative estimate of drug-likeness (QED) is 0.832. The molecule has 3 rings (SSSR count). The number of aromatic nitrogens is 2. The van der Waals surface area contributed by atoms with E-state index in [0.29, 0.717) is 43.2 Å². The third-order valence-corrected chi connectivity index (χ3v) is 3.95. The Hall–Kier alpha value is -3.47. The van der Waals surface area contributed by atoms with Gasteiger partial charge in [0.25, 0.3) is 5.91 Å². The van der Waals surface area contributed by atoms with Gasteiger partial charge in [-0.1, -0.05) is 12.1 Å². The molecule has 2 aromatic rings. The Balaban J connectivity index is 1.67. The summed E-state index contributed by atoms with van der Waals surface area (Å²) in [7, 11) is 0. The van der Waals surface area contributed by atoms with Crippen molar-refractivity contribution in [3.05, 3.63) is 47.9 Å². The van der Waals surface area contributed by atoms with Crippen molar-refractivity contribution in [3.8, 4) is 6.07 Å². The highest BCUT2D eigenvalue weighted by atomic mass is 16.2. The lowest BCUT2D eigenvalue weighted by Crippen LogP contribution is -2.46. The first kappa shape index (κ1) is 16.4. The summed E-state index contributed by atoms with van der Waals surface area (Å²) in [6, 6.07) is 8.78. The van der Waals surface area contributed by atoms with Crippen molar-refractivity contribution in [2.24, 2.45) is 0 Å². The molecule has 1 saturated heterocycles. The molecule has 8 nitrogen and oxygen atoms in total. The highest BCUT2D eigenvalue weighted by molar-refractivity contribution is 6.03. The Morgan fingerprint density at radius 2 is 1.92 bits per heavy atom. The number of nitriles is 1. The average molecular weight is 336 g/mol. The van der Waals surface area contributed by atoms with Gasteiger partial charge in [0.05, 0.1) is 23.6 Å². The highest BCUT2D eigenvalue weighted by Gasteiger charge is 2.18. The van der Waals surface area contributed by atoms with E-state index in [0.717, 1.165) is 6.41 Å². The fraction of sp³-hybridized carbons (Fsp3) is 0.235. The molecule has 2 amide bonds. The monoisotopic (exact) mass is 336 g/mol. The molecule has 0 atom stereocenters. The minimum Gasteiger partial charge on any atom is -0.352 e. The Kier molecular flexibility index (Phi) is 4.85. The molecule has 1 fully saturated rings. The lowest BCUT2D eigenvalue weighted by atomic mass is 10.2. The number of carbonyl (C=O) groups excluding carboxylic acids is 2. The number of hydrogen-bond donors (Lipinski definition) is 1. The number of nitrogens with one attached hydrogen (secondary N) is 1. The lowest BCUT2D eigenvalue weighted by Gasteiger charge is -2.33. The van der Waals surface area contributed by atoms with Crippen LogP contribution >= 0.6 is 0 Å². The number of amides is 2. The van der Waals surface area contributed by atoms with Crippen molar-refractivity contribution in [3.63, 3.8) is 0 Å². The van der Waals surface area contributed by atoms with E-state index in [1.807, 2.05) is 11.0 Å². The first-order valence-electron chi connectivity index (χ1n) is 7.78. The molecule has 0 bridgehead atoms. The van der Waals surface area contributed by atoms with E-state index in [4.69, 9.17) is 5.26 Å². The molecule has 1 aromatic carbocycles. The van der Waals surface area contributed by atoms with E-state index in [9.17, 15) is 9.59 Å². The second kappa shape index (κ2) is 7.40. The molecule has 1 aliphatic heterocycles. The van der Waals surface area contributed by atoms with Crippen LogP contribution in [-0.2, 0) is 4.79 Å². The number of carbonyl (C=O) groups is 2. The molecule has 126 valence electrons. The van der Waals surface area contributed by atoms with E-state index >= 15 is 0 Å². The zero-order chi connectivity index (χ0) is 17.6. The molecule has 0 unspecified atom stereocenters. The van der Waals surface area contributed by atoms with Crippen LogP contribution in [-0.4, -0.2) is 53.4 Å². The van der Waals surface area contributed by atoms with E-state index in [2.05, 4.69) is 15.3 Å². The number of anilines is 2. The third kappa shape index (κ3) is 3.72. The zero-order valence-corrected chi connectivity index (χ0v) is 13.4. The summed E-state index contributed by atoms with van der Waals surface area (Å²) < 4.78 is 0. The molecule has 0 radical (unpaired) electrons. The summed E-state index contributed by atoms with van der Waals surface area (Å²) in [5.74, 6) is 0.243.